The quantitative estimate of drug-likeness (QED) is 0.820. The second kappa shape index (κ2) is 4.87. The summed E-state index contributed by atoms with van der Waals surface area (Å²) in [6.45, 7) is 1.81. The van der Waals surface area contributed by atoms with Gasteiger partial charge in [-0.3, -0.25) is 9.78 Å². The maximum atomic E-state index is 12.3. The van der Waals surface area contributed by atoms with Gasteiger partial charge >= 0.3 is 0 Å². The number of rotatable bonds is 2. The number of aryl methyl sites for hydroxylation is 1. The van der Waals surface area contributed by atoms with Crippen LogP contribution in [0.25, 0.3) is 0 Å². The molecule has 0 bridgehead atoms. The lowest BCUT2D eigenvalue weighted by atomic mass is 10.1. The number of hydrogen-bond donors (Lipinski definition) is 1. The summed E-state index contributed by atoms with van der Waals surface area (Å²) in [6.07, 6.45) is 1.67. The predicted octanol–water partition coefficient (Wildman–Crippen LogP) is 2.25. The Morgan fingerprint density at radius 2 is 1.94 bits per heavy atom. The van der Waals surface area contributed by atoms with Crippen LogP contribution in [-0.4, -0.2) is 17.9 Å². The zero-order valence-corrected chi connectivity index (χ0v) is 10.4. The maximum absolute atomic E-state index is 12.3. The highest BCUT2D eigenvalue weighted by molar-refractivity contribution is 6.07. The number of amides is 1. The third-order valence-corrected chi connectivity index (χ3v) is 2.84. The Kier molecular flexibility index (Phi) is 3.28. The number of nitrogens with zero attached hydrogens (tertiary/aromatic N) is 2. The molecular formula is C14H15N3O. The van der Waals surface area contributed by atoms with Gasteiger partial charge in [0.25, 0.3) is 5.91 Å². The number of nitrogens with two attached hydrogens (primary N) is 1. The molecule has 2 rings (SSSR count). The van der Waals surface area contributed by atoms with E-state index >= 15 is 0 Å². The summed E-state index contributed by atoms with van der Waals surface area (Å²) >= 11 is 0. The first kappa shape index (κ1) is 12.1. The fraction of sp³-hybridized carbons (Fsp3) is 0.143. The van der Waals surface area contributed by atoms with Crippen molar-refractivity contribution in [2.45, 2.75) is 6.92 Å². The molecule has 0 atom stereocenters. The molecule has 0 saturated carbocycles. The van der Waals surface area contributed by atoms with E-state index in [1.807, 2.05) is 25.1 Å². The number of benzene rings is 1. The van der Waals surface area contributed by atoms with Crippen LogP contribution in [0.2, 0.25) is 0 Å². The molecule has 0 spiro atoms. The first-order valence-corrected chi connectivity index (χ1v) is 5.65. The van der Waals surface area contributed by atoms with E-state index in [9.17, 15) is 4.79 Å². The Labute approximate surface area is 106 Å². The molecule has 0 saturated heterocycles. The van der Waals surface area contributed by atoms with Crippen molar-refractivity contribution in [1.82, 2.24) is 4.98 Å². The molecule has 0 unspecified atom stereocenters. The van der Waals surface area contributed by atoms with Crippen molar-refractivity contribution in [2.24, 2.45) is 0 Å². The molecule has 1 heterocycles. The van der Waals surface area contributed by atoms with E-state index in [4.69, 9.17) is 5.73 Å². The van der Waals surface area contributed by atoms with E-state index < -0.39 is 0 Å². The van der Waals surface area contributed by atoms with Gasteiger partial charge in [0.2, 0.25) is 0 Å². The molecule has 0 aliphatic heterocycles. The van der Waals surface area contributed by atoms with Crippen LogP contribution in [0.15, 0.2) is 42.6 Å². The summed E-state index contributed by atoms with van der Waals surface area (Å²) in [4.78, 5) is 18.0. The minimum Gasteiger partial charge on any atom is -0.397 e. The van der Waals surface area contributed by atoms with Crippen LogP contribution in [0.1, 0.15) is 16.1 Å². The van der Waals surface area contributed by atoms with E-state index in [2.05, 4.69) is 4.98 Å². The lowest BCUT2D eigenvalue weighted by Crippen LogP contribution is -2.27. The number of carbonyl (C=O) groups is 1. The fourth-order valence-corrected chi connectivity index (χ4v) is 1.79. The Bertz CT molecular complexity index is 581. The molecule has 92 valence electrons. The topological polar surface area (TPSA) is 59.2 Å². The summed E-state index contributed by atoms with van der Waals surface area (Å²) < 4.78 is 0. The highest BCUT2D eigenvalue weighted by atomic mass is 16.2. The first-order chi connectivity index (χ1) is 8.61. The maximum Gasteiger partial charge on any atom is 0.259 e. The van der Waals surface area contributed by atoms with E-state index in [1.54, 1.807) is 36.3 Å². The van der Waals surface area contributed by atoms with Crippen molar-refractivity contribution in [3.05, 3.63) is 53.9 Å². The zero-order valence-electron chi connectivity index (χ0n) is 10.4. The van der Waals surface area contributed by atoms with Gasteiger partial charge in [0.15, 0.2) is 0 Å². The molecule has 0 radical (unpaired) electrons. The molecule has 2 aromatic rings. The Hall–Kier alpha value is -2.36. The SMILES string of the molecule is Cc1ncccc1C(=O)N(C)c1ccccc1N. The van der Waals surface area contributed by atoms with Crippen molar-refractivity contribution < 1.29 is 4.79 Å². The largest absolute Gasteiger partial charge is 0.397 e. The summed E-state index contributed by atoms with van der Waals surface area (Å²) in [5, 5.41) is 0. The van der Waals surface area contributed by atoms with Crippen molar-refractivity contribution >= 4 is 17.3 Å². The van der Waals surface area contributed by atoms with Crippen LogP contribution >= 0.6 is 0 Å². The fourth-order valence-electron chi connectivity index (χ4n) is 1.79. The number of anilines is 2. The van der Waals surface area contributed by atoms with Gasteiger partial charge in [0.1, 0.15) is 0 Å². The number of pyridine rings is 1. The van der Waals surface area contributed by atoms with Gasteiger partial charge in [0.05, 0.1) is 16.9 Å². The molecule has 1 aromatic heterocycles. The van der Waals surface area contributed by atoms with Crippen molar-refractivity contribution in [3.8, 4) is 0 Å². The monoisotopic (exact) mass is 241 g/mol. The minimum absolute atomic E-state index is 0.112. The van der Waals surface area contributed by atoms with Gasteiger partial charge in [-0.1, -0.05) is 12.1 Å². The first-order valence-electron chi connectivity index (χ1n) is 5.65. The lowest BCUT2D eigenvalue weighted by Gasteiger charge is -2.19. The molecule has 4 heteroatoms. The number of para-hydroxylation sites is 2. The lowest BCUT2D eigenvalue weighted by molar-refractivity contribution is 0.0992. The van der Waals surface area contributed by atoms with Crippen molar-refractivity contribution in [2.75, 3.05) is 17.7 Å². The Balaban J connectivity index is 2.36. The number of carbonyl (C=O) groups excluding carboxylic acids is 1. The normalized spacial score (nSPS) is 10.1. The van der Waals surface area contributed by atoms with Crippen LogP contribution in [0, 0.1) is 6.92 Å². The molecule has 4 nitrogen and oxygen atoms in total. The summed E-state index contributed by atoms with van der Waals surface area (Å²) in [6, 6.07) is 10.8. The molecule has 0 fully saturated rings. The average Bonchev–Trinajstić information content (AvgIpc) is 2.38. The molecule has 1 aromatic carbocycles. The minimum atomic E-state index is -0.112. The molecule has 1 amide bonds. The van der Waals surface area contributed by atoms with E-state index in [-0.39, 0.29) is 5.91 Å². The second-order valence-electron chi connectivity index (χ2n) is 4.06. The van der Waals surface area contributed by atoms with Crippen LogP contribution in [-0.2, 0) is 0 Å². The molecule has 18 heavy (non-hydrogen) atoms. The number of nitrogen functional groups attached to an aromatic ring is 1. The smallest absolute Gasteiger partial charge is 0.259 e. The van der Waals surface area contributed by atoms with Crippen molar-refractivity contribution in [3.63, 3.8) is 0 Å². The summed E-state index contributed by atoms with van der Waals surface area (Å²) in [7, 11) is 1.71. The molecule has 2 N–H and O–H groups in total. The van der Waals surface area contributed by atoms with Gasteiger partial charge in [-0.25, -0.2) is 0 Å². The molecular weight excluding hydrogens is 226 g/mol. The van der Waals surface area contributed by atoms with E-state index in [1.165, 1.54) is 0 Å². The van der Waals surface area contributed by atoms with Gasteiger partial charge in [0, 0.05) is 18.9 Å². The van der Waals surface area contributed by atoms with Crippen LogP contribution < -0.4 is 10.6 Å². The predicted molar refractivity (Wildman–Crippen MR) is 72.6 cm³/mol. The highest BCUT2D eigenvalue weighted by Crippen LogP contribution is 2.23. The van der Waals surface area contributed by atoms with Crippen LogP contribution in [0.4, 0.5) is 11.4 Å². The highest BCUT2D eigenvalue weighted by Gasteiger charge is 2.17. The Morgan fingerprint density at radius 1 is 1.22 bits per heavy atom. The third kappa shape index (κ3) is 2.18. The van der Waals surface area contributed by atoms with Crippen LogP contribution in [0.5, 0.6) is 0 Å². The summed E-state index contributed by atoms with van der Waals surface area (Å²) in [5.74, 6) is -0.112. The van der Waals surface area contributed by atoms with Crippen molar-refractivity contribution in [1.29, 1.82) is 0 Å². The zero-order chi connectivity index (χ0) is 13.1. The number of hydrogen-bond acceptors (Lipinski definition) is 3. The van der Waals surface area contributed by atoms with Gasteiger partial charge < -0.3 is 10.6 Å². The average molecular weight is 241 g/mol. The summed E-state index contributed by atoms with van der Waals surface area (Å²) in [5.41, 5.74) is 8.44. The Morgan fingerprint density at radius 3 is 2.61 bits per heavy atom. The van der Waals surface area contributed by atoms with Gasteiger partial charge in [-0.2, -0.15) is 0 Å². The van der Waals surface area contributed by atoms with Gasteiger partial charge in [-0.15, -0.1) is 0 Å². The van der Waals surface area contributed by atoms with Gasteiger partial charge in [-0.05, 0) is 31.2 Å². The number of aromatic nitrogens is 1. The van der Waals surface area contributed by atoms with E-state index in [0.717, 1.165) is 0 Å². The third-order valence-electron chi connectivity index (χ3n) is 2.84. The van der Waals surface area contributed by atoms with Crippen LogP contribution in [0.3, 0.4) is 0 Å². The van der Waals surface area contributed by atoms with E-state index in [0.29, 0.717) is 22.6 Å². The molecule has 0 aliphatic carbocycles. The molecule has 0 aliphatic rings. The standard InChI is InChI=1S/C14H15N3O/c1-10-11(6-5-9-16-10)14(18)17(2)13-8-4-3-7-12(13)15/h3-9H,15H2,1-2H3. The second-order valence-corrected chi connectivity index (χ2v) is 4.06.